The number of hydrogen-bond acceptors (Lipinski definition) is 8. The van der Waals surface area contributed by atoms with E-state index in [2.05, 4.69) is 10.6 Å². The average molecular weight is 669 g/mol. The summed E-state index contributed by atoms with van der Waals surface area (Å²) >= 11 is 6.31. The Bertz CT molecular complexity index is 1460. The summed E-state index contributed by atoms with van der Waals surface area (Å²) in [5.74, 6) is -2.85. The molecule has 0 radical (unpaired) electrons. The highest BCUT2D eigenvalue weighted by Gasteiger charge is 2.47. The molecule has 0 aliphatic carbocycles. The van der Waals surface area contributed by atoms with Crippen molar-refractivity contribution in [3.8, 4) is 5.75 Å². The Morgan fingerprint density at radius 1 is 1.02 bits per heavy atom. The van der Waals surface area contributed by atoms with Crippen LogP contribution in [0.15, 0.2) is 60.7 Å². The minimum absolute atomic E-state index is 0.0694. The molecule has 0 aromatic heterocycles. The van der Waals surface area contributed by atoms with Crippen molar-refractivity contribution in [3.63, 3.8) is 0 Å². The van der Waals surface area contributed by atoms with Crippen LogP contribution in [-0.2, 0) is 39.8 Å². The maximum absolute atomic E-state index is 13.6. The Morgan fingerprint density at radius 2 is 1.74 bits per heavy atom. The summed E-state index contributed by atoms with van der Waals surface area (Å²) in [4.78, 5) is 53.3. The van der Waals surface area contributed by atoms with Crippen LogP contribution < -0.4 is 15.4 Å². The van der Waals surface area contributed by atoms with E-state index in [-0.39, 0.29) is 49.3 Å². The number of carbonyl (C=O) groups is 4. The summed E-state index contributed by atoms with van der Waals surface area (Å²) in [6, 6.07) is 13.9. The monoisotopic (exact) mass is 668 g/mol. The van der Waals surface area contributed by atoms with Crippen LogP contribution in [0, 0.1) is 17.3 Å². The number of cyclic esters (lactones) is 2. The molecule has 2 aliphatic heterocycles. The van der Waals surface area contributed by atoms with Gasteiger partial charge in [0.05, 0.1) is 24.2 Å². The van der Waals surface area contributed by atoms with Crippen molar-refractivity contribution >= 4 is 35.4 Å². The zero-order valence-corrected chi connectivity index (χ0v) is 28.5. The SMILES string of the molecule is COc1ccc(C[C@H]2NC(=O)/C=C/C[C@@H]([C@H](C)[C@H]3O[C@H]3c3ccccc3)OC(=O)[C@H](CC(C)(C)C)OC(=O)[C@H](C)CNC2=O)cc1Cl. The van der Waals surface area contributed by atoms with Gasteiger partial charge in [-0.1, -0.05) is 88.7 Å². The third-order valence-corrected chi connectivity index (χ3v) is 8.55. The first-order valence-corrected chi connectivity index (χ1v) is 16.3. The van der Waals surface area contributed by atoms with Gasteiger partial charge in [-0.3, -0.25) is 14.4 Å². The lowest BCUT2D eigenvalue weighted by molar-refractivity contribution is -0.177. The number of amides is 2. The molecule has 1 saturated heterocycles. The number of nitrogens with one attached hydrogen (secondary N) is 2. The van der Waals surface area contributed by atoms with Gasteiger partial charge in [-0.2, -0.15) is 0 Å². The van der Waals surface area contributed by atoms with Crippen LogP contribution in [-0.4, -0.2) is 61.8 Å². The van der Waals surface area contributed by atoms with Crippen molar-refractivity contribution in [1.29, 1.82) is 0 Å². The summed E-state index contributed by atoms with van der Waals surface area (Å²) in [5.41, 5.74) is 1.36. The van der Waals surface area contributed by atoms with Crippen molar-refractivity contribution in [2.75, 3.05) is 13.7 Å². The van der Waals surface area contributed by atoms with E-state index in [1.54, 1.807) is 31.2 Å². The van der Waals surface area contributed by atoms with Gasteiger partial charge in [0.25, 0.3) is 0 Å². The smallest absolute Gasteiger partial charge is 0.347 e. The second-order valence-corrected chi connectivity index (χ2v) is 13.9. The summed E-state index contributed by atoms with van der Waals surface area (Å²) in [5, 5.41) is 5.87. The number of ether oxygens (including phenoxy) is 4. The molecule has 2 heterocycles. The molecule has 2 aromatic rings. The van der Waals surface area contributed by atoms with Crippen molar-refractivity contribution in [2.24, 2.45) is 17.3 Å². The maximum Gasteiger partial charge on any atom is 0.347 e. The van der Waals surface area contributed by atoms with E-state index in [4.69, 9.17) is 30.5 Å². The number of epoxide rings is 1. The van der Waals surface area contributed by atoms with Crippen LogP contribution in [0.2, 0.25) is 5.02 Å². The molecule has 0 unspecified atom stereocenters. The molecule has 2 N–H and O–H groups in total. The highest BCUT2D eigenvalue weighted by atomic mass is 35.5. The minimum Gasteiger partial charge on any atom is -0.495 e. The molecule has 0 bridgehead atoms. The van der Waals surface area contributed by atoms with Gasteiger partial charge < -0.3 is 29.6 Å². The first-order chi connectivity index (χ1) is 22.3. The molecule has 7 atom stereocenters. The zero-order chi connectivity index (χ0) is 34.3. The van der Waals surface area contributed by atoms with Crippen molar-refractivity contribution < 1.29 is 38.1 Å². The van der Waals surface area contributed by atoms with Crippen LogP contribution in [0.1, 0.15) is 64.7 Å². The van der Waals surface area contributed by atoms with Gasteiger partial charge in [-0.15, -0.1) is 0 Å². The lowest BCUT2D eigenvalue weighted by Crippen LogP contribution is -2.49. The Labute approximate surface area is 281 Å². The van der Waals surface area contributed by atoms with Gasteiger partial charge >= 0.3 is 11.9 Å². The third kappa shape index (κ3) is 10.3. The zero-order valence-electron chi connectivity index (χ0n) is 27.8. The van der Waals surface area contributed by atoms with Crippen LogP contribution in [0.4, 0.5) is 0 Å². The fraction of sp³-hybridized carbons (Fsp3) is 0.500. The molecule has 47 heavy (non-hydrogen) atoms. The van der Waals surface area contributed by atoms with E-state index in [0.717, 1.165) is 5.56 Å². The molecule has 10 nitrogen and oxygen atoms in total. The van der Waals surface area contributed by atoms with Gasteiger partial charge in [0.1, 0.15) is 24.0 Å². The molecule has 2 amide bonds. The van der Waals surface area contributed by atoms with Gasteiger partial charge in [0, 0.05) is 31.7 Å². The second kappa shape index (κ2) is 15.8. The number of hydrogen-bond donors (Lipinski definition) is 2. The summed E-state index contributed by atoms with van der Waals surface area (Å²) < 4.78 is 23.0. The molecule has 0 saturated carbocycles. The maximum atomic E-state index is 13.6. The predicted octanol–water partition coefficient (Wildman–Crippen LogP) is 5.12. The minimum atomic E-state index is -1.16. The molecule has 4 rings (SSSR count). The summed E-state index contributed by atoms with van der Waals surface area (Å²) in [6.45, 7) is 9.29. The summed E-state index contributed by atoms with van der Waals surface area (Å²) in [6.07, 6.45) is 1.31. The molecule has 2 aliphatic rings. The predicted molar refractivity (Wildman–Crippen MR) is 177 cm³/mol. The second-order valence-electron chi connectivity index (χ2n) is 13.5. The Balaban J connectivity index is 1.59. The van der Waals surface area contributed by atoms with Crippen LogP contribution in [0.25, 0.3) is 0 Å². The number of esters is 2. The van der Waals surface area contributed by atoms with Gasteiger partial charge in [-0.05, 0) is 34.8 Å². The lowest BCUT2D eigenvalue weighted by atomic mass is 9.89. The van der Waals surface area contributed by atoms with Crippen molar-refractivity contribution in [1.82, 2.24) is 10.6 Å². The van der Waals surface area contributed by atoms with E-state index < -0.39 is 47.9 Å². The fourth-order valence-corrected chi connectivity index (χ4v) is 5.78. The lowest BCUT2D eigenvalue weighted by Gasteiger charge is -2.29. The molecule has 2 aromatic carbocycles. The van der Waals surface area contributed by atoms with Gasteiger partial charge in [0.15, 0.2) is 6.10 Å². The van der Waals surface area contributed by atoms with E-state index in [1.165, 1.54) is 13.2 Å². The number of rotatable bonds is 7. The number of methoxy groups -OCH3 is 1. The molecular weight excluding hydrogens is 624 g/mol. The van der Waals surface area contributed by atoms with E-state index in [1.807, 2.05) is 58.0 Å². The van der Waals surface area contributed by atoms with Crippen LogP contribution in [0.5, 0.6) is 5.75 Å². The Kier molecular flexibility index (Phi) is 12.1. The first-order valence-electron chi connectivity index (χ1n) is 15.9. The van der Waals surface area contributed by atoms with E-state index in [9.17, 15) is 19.2 Å². The fourth-order valence-electron chi connectivity index (χ4n) is 5.50. The topological polar surface area (TPSA) is 133 Å². The summed E-state index contributed by atoms with van der Waals surface area (Å²) in [7, 11) is 1.51. The van der Waals surface area contributed by atoms with Crippen molar-refractivity contribution in [3.05, 3.63) is 76.8 Å². The number of carbonyl (C=O) groups excluding carboxylic acids is 4. The Morgan fingerprint density at radius 3 is 2.40 bits per heavy atom. The number of halogens is 1. The molecule has 1 fully saturated rings. The normalized spacial score (nSPS) is 27.5. The molecule has 254 valence electrons. The van der Waals surface area contributed by atoms with Crippen molar-refractivity contribution in [2.45, 2.75) is 84.3 Å². The van der Waals surface area contributed by atoms with Gasteiger partial charge in [0.2, 0.25) is 11.8 Å². The molecule has 0 spiro atoms. The average Bonchev–Trinajstić information content (AvgIpc) is 3.82. The largest absolute Gasteiger partial charge is 0.495 e. The number of benzene rings is 2. The standard InChI is InChI=1S/C36H45ClN2O8/c1-21-20-38-33(41)26(18-23-15-16-28(44-6)25(37)17-23)39-30(40)14-10-13-27(22(2)31-32(47-31)24-11-8-7-9-12-24)45-35(43)29(46-34(21)42)19-36(3,4)5/h7-12,14-17,21-22,26-27,29,31-32H,13,18-20H2,1-6H3,(H,38,41)(H,39,40)/b14-10+/t21-,22+,26-,27+,29+,31-,32+/m1/s1. The highest BCUT2D eigenvalue weighted by Crippen LogP contribution is 2.45. The third-order valence-electron chi connectivity index (χ3n) is 8.26. The quantitative estimate of drug-likeness (QED) is 0.307. The molecule has 11 heteroatoms. The van der Waals surface area contributed by atoms with Gasteiger partial charge in [-0.25, -0.2) is 4.79 Å². The van der Waals surface area contributed by atoms with Crippen LogP contribution in [0.3, 0.4) is 0 Å². The Hall–Kier alpha value is -3.89. The first kappa shape index (κ1) is 36.0. The van der Waals surface area contributed by atoms with Crippen LogP contribution >= 0.6 is 11.6 Å². The van der Waals surface area contributed by atoms with E-state index >= 15 is 0 Å². The molecular formula is C36H45ClN2O8. The highest BCUT2D eigenvalue weighted by molar-refractivity contribution is 6.32. The van der Waals surface area contributed by atoms with E-state index in [0.29, 0.717) is 16.3 Å².